The summed E-state index contributed by atoms with van der Waals surface area (Å²) in [6.45, 7) is 9.63. The Balaban J connectivity index is 0.783. The van der Waals surface area contributed by atoms with Gasteiger partial charge in [0.05, 0.1) is 0 Å². The van der Waals surface area contributed by atoms with Gasteiger partial charge in [0, 0.05) is 45.0 Å². The summed E-state index contributed by atoms with van der Waals surface area (Å²) >= 11 is 0. The summed E-state index contributed by atoms with van der Waals surface area (Å²) in [5, 5.41) is 0. The van der Waals surface area contributed by atoms with Gasteiger partial charge < -0.3 is 9.80 Å². The summed E-state index contributed by atoms with van der Waals surface area (Å²) in [6.07, 6.45) is 38.5. The smallest absolute Gasteiger partial charge is 0.0461 e. The molecular formula is C64H60N2. The molecule has 0 atom stereocenters. The van der Waals surface area contributed by atoms with Crippen LogP contribution in [-0.2, 0) is 10.8 Å². The molecule has 0 aliphatic heterocycles. The van der Waals surface area contributed by atoms with E-state index in [9.17, 15) is 0 Å². The lowest BCUT2D eigenvalue weighted by Gasteiger charge is -2.34. The third-order valence-corrected chi connectivity index (χ3v) is 15.0. The van der Waals surface area contributed by atoms with Crippen molar-refractivity contribution in [2.75, 3.05) is 9.80 Å². The summed E-state index contributed by atoms with van der Waals surface area (Å²) in [6, 6.07) is 43.1. The van der Waals surface area contributed by atoms with Gasteiger partial charge in [0.2, 0.25) is 0 Å². The summed E-state index contributed by atoms with van der Waals surface area (Å²) in [5.41, 5.74) is 24.3. The van der Waals surface area contributed by atoms with Crippen LogP contribution < -0.4 is 9.80 Å². The highest BCUT2D eigenvalue weighted by Crippen LogP contribution is 2.53. The molecule has 0 bridgehead atoms. The second-order valence-corrected chi connectivity index (χ2v) is 19.9. The van der Waals surface area contributed by atoms with Crippen LogP contribution >= 0.6 is 0 Å². The molecule has 0 fully saturated rings. The predicted octanol–water partition coefficient (Wildman–Crippen LogP) is 17.2. The van der Waals surface area contributed by atoms with Crippen LogP contribution in [0.4, 0.5) is 17.1 Å². The molecule has 0 aromatic heterocycles. The summed E-state index contributed by atoms with van der Waals surface area (Å²) in [5.74, 6) is 0. The topological polar surface area (TPSA) is 6.48 Å². The van der Waals surface area contributed by atoms with Crippen molar-refractivity contribution in [2.24, 2.45) is 0 Å². The summed E-state index contributed by atoms with van der Waals surface area (Å²) < 4.78 is 0. The van der Waals surface area contributed by atoms with E-state index in [2.05, 4.69) is 232 Å². The fourth-order valence-corrected chi connectivity index (χ4v) is 11.4. The van der Waals surface area contributed by atoms with Gasteiger partial charge in [-0.05, 0) is 173 Å². The summed E-state index contributed by atoms with van der Waals surface area (Å²) in [4.78, 5) is 4.98. The molecule has 0 saturated heterocycles. The minimum atomic E-state index is -0.109. The standard InChI is InChI=1S/C64H60N2/c1-63(2)59-41-47(33-37-55(59)57-39-35-53(43-61(57)63)65(49-17-9-5-10-18-49)50-19-11-6-12-20-50)31-29-45-25-27-46(28-26-45)30-32-48-34-38-56-58-40-36-54(44-62(58)64(3,4)60(56)42-48)66(51-21-13-7-14-22-51)52-23-15-8-16-24-52/h5-11,13-15,17-19,21-23,25,27,29-35,37-39,41-44H,12,16,20,24,26,28,36,40H2,1-4H3/b31-29+,32-30+. The van der Waals surface area contributed by atoms with E-state index in [1.165, 1.54) is 101 Å². The van der Waals surface area contributed by atoms with E-state index in [0.29, 0.717) is 0 Å². The first-order valence-electron chi connectivity index (χ1n) is 24.3. The molecule has 5 aromatic rings. The molecule has 0 saturated carbocycles. The second-order valence-electron chi connectivity index (χ2n) is 19.9. The number of anilines is 3. The van der Waals surface area contributed by atoms with Crippen molar-refractivity contribution in [1.29, 1.82) is 0 Å². The van der Waals surface area contributed by atoms with Gasteiger partial charge in [0.15, 0.2) is 0 Å². The lowest BCUT2D eigenvalue weighted by atomic mass is 9.79. The maximum atomic E-state index is 2.53. The molecule has 326 valence electrons. The van der Waals surface area contributed by atoms with Crippen LogP contribution in [0.15, 0.2) is 216 Å². The molecule has 0 amide bonds. The van der Waals surface area contributed by atoms with Crippen LogP contribution in [0.1, 0.15) is 112 Å². The first kappa shape index (κ1) is 41.8. The number of nitrogens with zero attached hydrogens (tertiary/aromatic N) is 2. The van der Waals surface area contributed by atoms with E-state index >= 15 is 0 Å². The monoisotopic (exact) mass is 856 g/mol. The largest absolute Gasteiger partial charge is 0.318 e. The first-order valence-corrected chi connectivity index (χ1v) is 24.3. The number of hydrogen-bond donors (Lipinski definition) is 0. The summed E-state index contributed by atoms with van der Waals surface area (Å²) in [7, 11) is 0. The van der Waals surface area contributed by atoms with E-state index in [1.807, 2.05) is 0 Å². The Morgan fingerprint density at radius 1 is 0.424 bits per heavy atom. The van der Waals surface area contributed by atoms with Gasteiger partial charge in [-0.25, -0.2) is 0 Å². The van der Waals surface area contributed by atoms with Gasteiger partial charge in [-0.3, -0.25) is 0 Å². The molecule has 0 spiro atoms. The third-order valence-electron chi connectivity index (χ3n) is 15.0. The number of rotatable bonds is 10. The molecule has 2 nitrogen and oxygen atoms in total. The van der Waals surface area contributed by atoms with Crippen molar-refractivity contribution in [2.45, 2.75) is 89.9 Å². The van der Waals surface area contributed by atoms with E-state index in [0.717, 1.165) is 51.4 Å². The first-order chi connectivity index (χ1) is 32.2. The van der Waals surface area contributed by atoms with Crippen molar-refractivity contribution in [3.8, 4) is 11.1 Å². The molecule has 0 heterocycles. The number of allylic oxidation sites excluding steroid dienone is 18. The fraction of sp³-hybridized carbons (Fsp3) is 0.219. The van der Waals surface area contributed by atoms with Gasteiger partial charge in [0.1, 0.15) is 0 Å². The maximum absolute atomic E-state index is 2.53. The highest BCUT2D eigenvalue weighted by Gasteiger charge is 2.39. The van der Waals surface area contributed by atoms with Crippen molar-refractivity contribution < 1.29 is 0 Å². The Hall–Kier alpha value is -6.90. The maximum Gasteiger partial charge on any atom is 0.0461 e. The highest BCUT2D eigenvalue weighted by atomic mass is 15.2. The average Bonchev–Trinajstić information content (AvgIpc) is 3.72. The van der Waals surface area contributed by atoms with Gasteiger partial charge in [-0.1, -0.05) is 167 Å². The van der Waals surface area contributed by atoms with E-state index in [4.69, 9.17) is 0 Å². The Labute approximate surface area is 393 Å². The third kappa shape index (κ3) is 7.67. The van der Waals surface area contributed by atoms with Gasteiger partial charge in [0.25, 0.3) is 0 Å². The molecule has 11 rings (SSSR count). The lowest BCUT2D eigenvalue weighted by molar-refractivity contribution is 0.647. The molecule has 2 heteroatoms. The van der Waals surface area contributed by atoms with Crippen molar-refractivity contribution in [3.63, 3.8) is 0 Å². The average molecular weight is 857 g/mol. The number of fused-ring (bicyclic) bond motifs is 5. The van der Waals surface area contributed by atoms with Gasteiger partial charge in [-0.2, -0.15) is 0 Å². The van der Waals surface area contributed by atoms with Crippen LogP contribution in [0.5, 0.6) is 0 Å². The van der Waals surface area contributed by atoms with Crippen LogP contribution in [0.3, 0.4) is 0 Å². The predicted molar refractivity (Wildman–Crippen MR) is 282 cm³/mol. The normalized spacial score (nSPS) is 18.8. The number of benzene rings is 5. The molecule has 6 aliphatic rings. The molecule has 66 heavy (non-hydrogen) atoms. The van der Waals surface area contributed by atoms with Gasteiger partial charge in [-0.15, -0.1) is 0 Å². The number of para-hydroxylation sites is 2. The molecule has 6 aliphatic carbocycles. The molecule has 0 N–H and O–H groups in total. The van der Waals surface area contributed by atoms with Crippen molar-refractivity contribution >= 4 is 34.8 Å². The Bertz CT molecular complexity index is 3060. The van der Waals surface area contributed by atoms with Crippen LogP contribution in [0, 0.1) is 0 Å². The van der Waals surface area contributed by atoms with Crippen molar-refractivity contribution in [1.82, 2.24) is 0 Å². The molecule has 5 aromatic carbocycles. The van der Waals surface area contributed by atoms with E-state index in [1.54, 1.807) is 0 Å². The quantitative estimate of drug-likeness (QED) is 0.138. The Morgan fingerprint density at radius 3 is 1.53 bits per heavy atom. The minimum absolute atomic E-state index is 0.0609. The number of hydrogen-bond acceptors (Lipinski definition) is 2. The zero-order chi connectivity index (χ0) is 44.8. The zero-order valence-electron chi connectivity index (χ0n) is 39.0. The van der Waals surface area contributed by atoms with Crippen molar-refractivity contribution in [3.05, 3.63) is 249 Å². The highest BCUT2D eigenvalue weighted by molar-refractivity contribution is 5.86. The Kier molecular flexibility index (Phi) is 10.9. The van der Waals surface area contributed by atoms with E-state index in [-0.39, 0.29) is 10.8 Å². The fourth-order valence-electron chi connectivity index (χ4n) is 11.4. The molecule has 0 radical (unpaired) electrons. The van der Waals surface area contributed by atoms with Crippen LogP contribution in [0.25, 0.3) is 28.9 Å². The zero-order valence-corrected chi connectivity index (χ0v) is 39.0. The molecule has 0 unspecified atom stereocenters. The lowest BCUT2D eigenvalue weighted by Crippen LogP contribution is -2.25. The Morgan fingerprint density at radius 2 is 0.955 bits per heavy atom. The minimum Gasteiger partial charge on any atom is -0.318 e. The molecular weight excluding hydrogens is 797 g/mol. The SMILES string of the molecule is CC1(C)C2=C(CCC(N(C3=CC=CCC3)c3ccccc3)=C2)c2ccc(/C=C/C3=CC=C(/C=C/c4ccc5c(c4)C(C)(C)c4cc(N(C6=CC=CCC6)c6ccccc6)ccc4-5)CC3)cc21. The van der Waals surface area contributed by atoms with Gasteiger partial charge >= 0.3 is 0 Å². The van der Waals surface area contributed by atoms with Crippen LogP contribution in [0.2, 0.25) is 0 Å². The van der Waals surface area contributed by atoms with E-state index < -0.39 is 0 Å². The second kappa shape index (κ2) is 17.1. The van der Waals surface area contributed by atoms with Crippen LogP contribution in [-0.4, -0.2) is 0 Å².